The summed E-state index contributed by atoms with van der Waals surface area (Å²) in [5.41, 5.74) is 1.08. The molecule has 1 aromatic carbocycles. The van der Waals surface area contributed by atoms with Gasteiger partial charge in [0.2, 0.25) is 0 Å². The van der Waals surface area contributed by atoms with Crippen LogP contribution in [0.3, 0.4) is 0 Å². The third kappa shape index (κ3) is 2.37. The number of fused-ring (bicyclic) bond motifs is 1. The summed E-state index contributed by atoms with van der Waals surface area (Å²) in [6.07, 6.45) is 2.99. The molecule has 0 saturated carbocycles. The van der Waals surface area contributed by atoms with Gasteiger partial charge in [0.1, 0.15) is 12.4 Å². The number of H-pyrrole nitrogens is 1. The van der Waals surface area contributed by atoms with Crippen LogP contribution >= 0.6 is 11.6 Å². The smallest absolute Gasteiger partial charge is 0.323 e. The highest BCUT2D eigenvalue weighted by molar-refractivity contribution is 6.30. The lowest BCUT2D eigenvalue weighted by atomic mass is 10.1. The molecule has 22 heavy (non-hydrogen) atoms. The van der Waals surface area contributed by atoms with Crippen molar-refractivity contribution in [3.05, 3.63) is 57.9 Å². The molecule has 0 unspecified atom stereocenters. The highest BCUT2D eigenvalue weighted by atomic mass is 35.5. The van der Waals surface area contributed by atoms with Gasteiger partial charge in [-0.05, 0) is 23.8 Å². The molecule has 0 amide bonds. The van der Waals surface area contributed by atoms with Gasteiger partial charge in [0.05, 0.1) is 15.9 Å². The number of pyridine rings is 1. The summed E-state index contributed by atoms with van der Waals surface area (Å²) < 4.78 is 14.7. The van der Waals surface area contributed by atoms with E-state index in [-0.39, 0.29) is 5.02 Å². The van der Waals surface area contributed by atoms with Crippen molar-refractivity contribution in [2.45, 2.75) is 6.54 Å². The summed E-state index contributed by atoms with van der Waals surface area (Å²) in [6, 6.07) is 5.85. The van der Waals surface area contributed by atoms with Gasteiger partial charge < -0.3 is 14.7 Å². The number of benzene rings is 1. The number of rotatable bonds is 3. The van der Waals surface area contributed by atoms with E-state index in [0.717, 1.165) is 4.57 Å². The number of carboxylic acid groups (broad SMARTS) is 1. The SMILES string of the molecule is O=C(O)Cn1ccc2[nH]cc(-c3ccc(Cl)c(F)c3)c2c1=O. The van der Waals surface area contributed by atoms with Crippen LogP contribution in [0.1, 0.15) is 0 Å². The second kappa shape index (κ2) is 5.31. The van der Waals surface area contributed by atoms with Gasteiger partial charge in [-0.15, -0.1) is 0 Å². The molecule has 2 heterocycles. The van der Waals surface area contributed by atoms with E-state index in [0.29, 0.717) is 22.0 Å². The van der Waals surface area contributed by atoms with E-state index in [4.69, 9.17) is 16.7 Å². The van der Waals surface area contributed by atoms with E-state index in [2.05, 4.69) is 4.98 Å². The number of hydrogen-bond acceptors (Lipinski definition) is 2. The first-order chi connectivity index (χ1) is 10.5. The molecular weight excluding hydrogens is 311 g/mol. The number of aromatic nitrogens is 2. The number of carbonyl (C=O) groups is 1. The van der Waals surface area contributed by atoms with Gasteiger partial charge in [0.15, 0.2) is 0 Å². The number of hydrogen-bond donors (Lipinski definition) is 2. The summed E-state index contributed by atoms with van der Waals surface area (Å²) in [6.45, 7) is -0.436. The second-order valence-corrected chi connectivity index (χ2v) is 5.17. The molecule has 2 aromatic heterocycles. The molecule has 0 spiro atoms. The minimum absolute atomic E-state index is 0.00752. The molecule has 5 nitrogen and oxygen atoms in total. The molecular formula is C15H10ClFN2O3. The molecule has 0 aliphatic rings. The summed E-state index contributed by atoms with van der Waals surface area (Å²) in [7, 11) is 0. The standard InChI is InChI=1S/C15H10ClFN2O3/c16-10-2-1-8(5-11(10)17)9-6-18-12-3-4-19(7-13(20)21)15(22)14(9)12/h1-6,18H,7H2,(H,20,21). The van der Waals surface area contributed by atoms with Gasteiger partial charge in [-0.2, -0.15) is 0 Å². The minimum atomic E-state index is -1.11. The van der Waals surface area contributed by atoms with Crippen molar-refractivity contribution in [3.8, 4) is 11.1 Å². The Morgan fingerprint density at radius 2 is 2.14 bits per heavy atom. The van der Waals surface area contributed by atoms with Gasteiger partial charge in [0.25, 0.3) is 5.56 Å². The minimum Gasteiger partial charge on any atom is -0.480 e. The normalized spacial score (nSPS) is 11.0. The van der Waals surface area contributed by atoms with Crippen molar-refractivity contribution >= 4 is 28.5 Å². The zero-order valence-electron chi connectivity index (χ0n) is 11.1. The number of nitrogens with one attached hydrogen (secondary N) is 1. The third-order valence-electron chi connectivity index (χ3n) is 3.34. The molecule has 0 atom stereocenters. The molecule has 0 saturated heterocycles. The zero-order valence-corrected chi connectivity index (χ0v) is 11.9. The number of aliphatic carboxylic acids is 1. The Kier molecular flexibility index (Phi) is 3.46. The summed E-state index contributed by atoms with van der Waals surface area (Å²) in [5.74, 6) is -1.70. The number of halogens is 2. The van der Waals surface area contributed by atoms with Crippen molar-refractivity contribution in [2.24, 2.45) is 0 Å². The largest absolute Gasteiger partial charge is 0.480 e. The van der Waals surface area contributed by atoms with E-state index in [9.17, 15) is 14.0 Å². The topological polar surface area (TPSA) is 75.1 Å². The Morgan fingerprint density at radius 3 is 2.82 bits per heavy atom. The Hall–Kier alpha value is -2.60. The molecule has 3 rings (SSSR count). The fourth-order valence-corrected chi connectivity index (χ4v) is 2.46. The van der Waals surface area contributed by atoms with E-state index >= 15 is 0 Å². The van der Waals surface area contributed by atoms with Gasteiger partial charge in [-0.3, -0.25) is 9.59 Å². The van der Waals surface area contributed by atoms with Crippen LogP contribution in [0, 0.1) is 5.82 Å². The van der Waals surface area contributed by atoms with Crippen LogP contribution in [0.2, 0.25) is 5.02 Å². The monoisotopic (exact) mass is 320 g/mol. The molecule has 7 heteroatoms. The van der Waals surface area contributed by atoms with E-state index < -0.39 is 23.9 Å². The summed E-state index contributed by atoms with van der Waals surface area (Å²) >= 11 is 5.66. The number of aromatic amines is 1. The lowest BCUT2D eigenvalue weighted by Gasteiger charge is -2.04. The van der Waals surface area contributed by atoms with Gasteiger partial charge in [-0.1, -0.05) is 17.7 Å². The predicted molar refractivity (Wildman–Crippen MR) is 80.6 cm³/mol. The van der Waals surface area contributed by atoms with Crippen molar-refractivity contribution in [1.82, 2.24) is 9.55 Å². The average Bonchev–Trinajstić information content (AvgIpc) is 2.89. The van der Waals surface area contributed by atoms with Gasteiger partial charge in [-0.25, -0.2) is 4.39 Å². The Balaban J connectivity index is 2.24. The molecule has 0 bridgehead atoms. The average molecular weight is 321 g/mol. The maximum Gasteiger partial charge on any atom is 0.323 e. The van der Waals surface area contributed by atoms with E-state index in [1.165, 1.54) is 18.3 Å². The van der Waals surface area contributed by atoms with Crippen LogP contribution in [-0.2, 0) is 11.3 Å². The van der Waals surface area contributed by atoms with E-state index in [1.807, 2.05) is 0 Å². The first-order valence-electron chi connectivity index (χ1n) is 6.35. The Labute approximate surface area is 128 Å². The predicted octanol–water partition coefficient (Wildman–Crippen LogP) is 2.87. The maximum atomic E-state index is 13.6. The van der Waals surface area contributed by atoms with Crippen LogP contribution in [0.5, 0.6) is 0 Å². The maximum absolute atomic E-state index is 13.6. The van der Waals surface area contributed by atoms with Crippen LogP contribution < -0.4 is 5.56 Å². The lowest BCUT2D eigenvalue weighted by molar-refractivity contribution is -0.137. The Bertz CT molecular complexity index is 946. The molecule has 2 N–H and O–H groups in total. The van der Waals surface area contributed by atoms with Gasteiger partial charge in [0, 0.05) is 18.0 Å². The fraction of sp³-hybridized carbons (Fsp3) is 0.0667. The molecule has 3 aromatic rings. The molecule has 0 radical (unpaired) electrons. The number of carboxylic acids is 1. The summed E-state index contributed by atoms with van der Waals surface area (Å²) in [5, 5.41) is 9.14. The molecule has 0 aliphatic carbocycles. The van der Waals surface area contributed by atoms with Crippen LogP contribution in [0.25, 0.3) is 22.0 Å². The van der Waals surface area contributed by atoms with Gasteiger partial charge >= 0.3 is 5.97 Å². The van der Waals surface area contributed by atoms with Crippen LogP contribution in [0.15, 0.2) is 41.5 Å². The van der Waals surface area contributed by atoms with Crippen molar-refractivity contribution in [1.29, 1.82) is 0 Å². The number of nitrogens with zero attached hydrogens (tertiary/aromatic N) is 1. The lowest BCUT2D eigenvalue weighted by Crippen LogP contribution is -2.23. The highest BCUT2D eigenvalue weighted by Crippen LogP contribution is 2.28. The first kappa shape index (κ1) is 14.3. The van der Waals surface area contributed by atoms with Crippen molar-refractivity contribution in [2.75, 3.05) is 0 Å². The van der Waals surface area contributed by atoms with E-state index in [1.54, 1.807) is 18.3 Å². The van der Waals surface area contributed by atoms with Crippen LogP contribution in [0.4, 0.5) is 4.39 Å². The van der Waals surface area contributed by atoms with Crippen LogP contribution in [-0.4, -0.2) is 20.6 Å². The zero-order chi connectivity index (χ0) is 15.9. The molecule has 0 aliphatic heterocycles. The first-order valence-corrected chi connectivity index (χ1v) is 6.73. The van der Waals surface area contributed by atoms with Crippen molar-refractivity contribution in [3.63, 3.8) is 0 Å². The fourth-order valence-electron chi connectivity index (χ4n) is 2.34. The highest BCUT2D eigenvalue weighted by Gasteiger charge is 2.14. The summed E-state index contributed by atoms with van der Waals surface area (Å²) in [4.78, 5) is 26.2. The Morgan fingerprint density at radius 1 is 1.36 bits per heavy atom. The second-order valence-electron chi connectivity index (χ2n) is 4.76. The molecule has 0 fully saturated rings. The molecule has 112 valence electrons. The van der Waals surface area contributed by atoms with Crippen molar-refractivity contribution < 1.29 is 14.3 Å². The quantitative estimate of drug-likeness (QED) is 0.779. The third-order valence-corrected chi connectivity index (χ3v) is 3.65.